The van der Waals surface area contributed by atoms with Gasteiger partial charge in [-0.05, 0) is 27.2 Å². The molecule has 18 heavy (non-hydrogen) atoms. The van der Waals surface area contributed by atoms with E-state index < -0.39 is 10.3 Å². The number of carbonyl (C=O) groups excluding carboxylic acids is 2. The molecular formula is C12H20N2O3S. The third-order valence-corrected chi connectivity index (χ3v) is 4.52. The minimum absolute atomic E-state index is 0.0563. The molecule has 5 nitrogen and oxygen atoms in total. The molecule has 102 valence electrons. The van der Waals surface area contributed by atoms with Crippen molar-refractivity contribution in [3.63, 3.8) is 0 Å². The number of hydrogen-bond donors (Lipinski definition) is 1. The van der Waals surface area contributed by atoms with Crippen LogP contribution in [0.4, 0.5) is 4.79 Å². The Balaban J connectivity index is 2.03. The van der Waals surface area contributed by atoms with Gasteiger partial charge in [0.1, 0.15) is 10.3 Å². The smallest absolute Gasteiger partial charge is 0.410 e. The molecule has 0 aliphatic carbocycles. The Labute approximate surface area is 112 Å². The van der Waals surface area contributed by atoms with Crippen molar-refractivity contribution in [1.82, 2.24) is 10.2 Å². The Hall–Kier alpha value is -0.910. The first-order valence-corrected chi connectivity index (χ1v) is 7.21. The number of ether oxygens (including phenoxy) is 1. The second-order valence-electron chi connectivity index (χ2n) is 5.75. The van der Waals surface area contributed by atoms with Crippen LogP contribution in [0.3, 0.4) is 0 Å². The van der Waals surface area contributed by atoms with Crippen molar-refractivity contribution in [1.29, 1.82) is 0 Å². The van der Waals surface area contributed by atoms with Crippen molar-refractivity contribution < 1.29 is 14.3 Å². The van der Waals surface area contributed by atoms with Gasteiger partial charge in [0.05, 0.1) is 0 Å². The van der Waals surface area contributed by atoms with E-state index in [9.17, 15) is 9.59 Å². The molecule has 2 heterocycles. The van der Waals surface area contributed by atoms with Crippen LogP contribution in [0.5, 0.6) is 0 Å². The molecule has 0 radical (unpaired) electrons. The predicted molar refractivity (Wildman–Crippen MR) is 70.6 cm³/mol. The minimum Gasteiger partial charge on any atom is -0.444 e. The number of thioether (sulfide) groups is 1. The van der Waals surface area contributed by atoms with E-state index in [1.165, 1.54) is 0 Å². The Morgan fingerprint density at radius 3 is 2.78 bits per heavy atom. The minimum atomic E-state index is -0.493. The fraction of sp³-hybridized carbons (Fsp3) is 0.833. The van der Waals surface area contributed by atoms with Gasteiger partial charge in [-0.25, -0.2) is 4.79 Å². The van der Waals surface area contributed by atoms with Gasteiger partial charge in [-0.2, -0.15) is 0 Å². The van der Waals surface area contributed by atoms with E-state index in [-0.39, 0.29) is 12.0 Å². The summed E-state index contributed by atoms with van der Waals surface area (Å²) >= 11 is 1.66. The van der Waals surface area contributed by atoms with Gasteiger partial charge in [0.25, 0.3) is 0 Å². The van der Waals surface area contributed by atoms with E-state index in [2.05, 4.69) is 5.32 Å². The van der Waals surface area contributed by atoms with Crippen LogP contribution in [-0.2, 0) is 9.53 Å². The molecule has 2 saturated heterocycles. The molecule has 0 aromatic heterocycles. The Bertz CT molecular complexity index is 367. The molecule has 2 rings (SSSR count). The van der Waals surface area contributed by atoms with Crippen LogP contribution >= 0.6 is 11.8 Å². The molecule has 1 unspecified atom stereocenters. The summed E-state index contributed by atoms with van der Waals surface area (Å²) in [7, 11) is 0. The fourth-order valence-corrected chi connectivity index (χ4v) is 3.61. The zero-order valence-corrected chi connectivity index (χ0v) is 11.9. The molecule has 1 N–H and O–H groups in total. The summed E-state index contributed by atoms with van der Waals surface area (Å²) < 4.78 is 4.91. The van der Waals surface area contributed by atoms with Crippen LogP contribution < -0.4 is 5.32 Å². The van der Waals surface area contributed by atoms with Crippen molar-refractivity contribution in [2.24, 2.45) is 0 Å². The van der Waals surface area contributed by atoms with Crippen LogP contribution in [0, 0.1) is 0 Å². The first-order valence-electron chi connectivity index (χ1n) is 6.23. The van der Waals surface area contributed by atoms with E-state index in [1.54, 1.807) is 16.7 Å². The maximum atomic E-state index is 12.0. The zero-order chi connectivity index (χ0) is 13.4. The monoisotopic (exact) mass is 272 g/mol. The molecule has 0 aromatic carbocycles. The quantitative estimate of drug-likeness (QED) is 0.720. The Morgan fingerprint density at radius 1 is 1.50 bits per heavy atom. The lowest BCUT2D eigenvalue weighted by Crippen LogP contribution is -2.53. The number of amides is 2. The van der Waals surface area contributed by atoms with Gasteiger partial charge in [-0.3, -0.25) is 4.79 Å². The molecule has 6 heteroatoms. The molecule has 1 atom stereocenters. The van der Waals surface area contributed by atoms with Crippen LogP contribution in [0.1, 0.15) is 27.2 Å². The van der Waals surface area contributed by atoms with Gasteiger partial charge in [-0.1, -0.05) is 0 Å². The molecule has 1 spiro atoms. The average Bonchev–Trinajstić information content (AvgIpc) is 2.58. The molecule has 0 aromatic rings. The van der Waals surface area contributed by atoms with E-state index in [0.29, 0.717) is 19.6 Å². The van der Waals surface area contributed by atoms with Crippen molar-refractivity contribution >= 4 is 23.8 Å². The van der Waals surface area contributed by atoms with E-state index in [0.717, 1.165) is 12.2 Å². The first-order chi connectivity index (χ1) is 8.32. The molecule has 0 bridgehead atoms. The summed E-state index contributed by atoms with van der Waals surface area (Å²) in [6, 6.07) is 0. The number of carbonyl (C=O) groups is 2. The number of nitrogens with one attached hydrogen (secondary N) is 1. The standard InChI is InChI=1S/C12H20N2O3S/c1-11(2,3)17-10(16)14-6-7-18-12(8-14)4-5-13-9(12)15/h4-8H2,1-3H3,(H,13,15). The fourth-order valence-electron chi connectivity index (χ4n) is 2.21. The third kappa shape index (κ3) is 2.74. The predicted octanol–water partition coefficient (Wildman–Crippen LogP) is 1.23. The maximum Gasteiger partial charge on any atom is 0.410 e. The van der Waals surface area contributed by atoms with Gasteiger partial charge in [0.15, 0.2) is 0 Å². The number of nitrogens with zero attached hydrogens (tertiary/aromatic N) is 1. The van der Waals surface area contributed by atoms with Crippen molar-refractivity contribution in [3.8, 4) is 0 Å². The van der Waals surface area contributed by atoms with Gasteiger partial charge in [0, 0.05) is 25.4 Å². The molecule has 2 aliphatic rings. The molecule has 0 saturated carbocycles. The van der Waals surface area contributed by atoms with Crippen LogP contribution in [0.25, 0.3) is 0 Å². The lowest BCUT2D eigenvalue weighted by atomic mass is 10.1. The largest absolute Gasteiger partial charge is 0.444 e. The lowest BCUT2D eigenvalue weighted by molar-refractivity contribution is -0.121. The molecular weight excluding hydrogens is 252 g/mol. The third-order valence-electron chi connectivity index (χ3n) is 3.07. The summed E-state index contributed by atoms with van der Waals surface area (Å²) in [6.07, 6.45) is 0.470. The van der Waals surface area contributed by atoms with Gasteiger partial charge >= 0.3 is 6.09 Å². The van der Waals surface area contributed by atoms with Crippen LogP contribution in [0.15, 0.2) is 0 Å². The summed E-state index contributed by atoms with van der Waals surface area (Å²) in [5.41, 5.74) is -0.493. The Kier molecular flexibility index (Phi) is 3.49. The van der Waals surface area contributed by atoms with Gasteiger partial charge in [0.2, 0.25) is 5.91 Å². The molecule has 2 fully saturated rings. The van der Waals surface area contributed by atoms with Crippen molar-refractivity contribution in [2.45, 2.75) is 37.5 Å². The van der Waals surface area contributed by atoms with Crippen molar-refractivity contribution in [3.05, 3.63) is 0 Å². The van der Waals surface area contributed by atoms with E-state index in [1.807, 2.05) is 20.8 Å². The first kappa shape index (κ1) is 13.5. The topological polar surface area (TPSA) is 58.6 Å². The number of hydrogen-bond acceptors (Lipinski definition) is 4. The highest BCUT2D eigenvalue weighted by Gasteiger charge is 2.47. The van der Waals surface area contributed by atoms with E-state index >= 15 is 0 Å². The average molecular weight is 272 g/mol. The molecule has 2 aliphatic heterocycles. The van der Waals surface area contributed by atoms with Gasteiger partial charge < -0.3 is 15.0 Å². The van der Waals surface area contributed by atoms with E-state index in [4.69, 9.17) is 4.74 Å². The van der Waals surface area contributed by atoms with Crippen LogP contribution in [-0.4, -0.2) is 52.6 Å². The second kappa shape index (κ2) is 4.64. The van der Waals surface area contributed by atoms with Crippen molar-refractivity contribution in [2.75, 3.05) is 25.4 Å². The highest BCUT2D eigenvalue weighted by molar-refractivity contribution is 8.01. The summed E-state index contributed by atoms with van der Waals surface area (Å²) in [4.78, 5) is 25.6. The SMILES string of the molecule is CC(C)(C)OC(=O)N1CCSC2(CCNC2=O)C1. The normalized spacial score (nSPS) is 28.4. The summed E-state index contributed by atoms with van der Waals surface area (Å²) in [5, 5.41) is 2.85. The summed E-state index contributed by atoms with van der Waals surface area (Å²) in [5.74, 6) is 0.841. The molecule has 2 amide bonds. The lowest BCUT2D eigenvalue weighted by Gasteiger charge is -2.38. The summed E-state index contributed by atoms with van der Waals surface area (Å²) in [6.45, 7) is 7.35. The highest BCUT2D eigenvalue weighted by atomic mass is 32.2. The Morgan fingerprint density at radius 2 is 2.22 bits per heavy atom. The number of rotatable bonds is 0. The highest BCUT2D eigenvalue weighted by Crippen LogP contribution is 2.37. The van der Waals surface area contributed by atoms with Gasteiger partial charge in [-0.15, -0.1) is 11.8 Å². The zero-order valence-electron chi connectivity index (χ0n) is 11.1. The van der Waals surface area contributed by atoms with Crippen LogP contribution in [0.2, 0.25) is 0 Å². The second-order valence-corrected chi connectivity index (χ2v) is 7.23. The maximum absolute atomic E-state index is 12.0.